The van der Waals surface area contributed by atoms with Gasteiger partial charge >= 0.3 is 6.03 Å². The number of carbonyl (C=O) groups excluding carboxylic acids is 1. The molecule has 0 aromatic heterocycles. The van der Waals surface area contributed by atoms with Gasteiger partial charge in [-0.15, -0.1) is 0 Å². The zero-order valence-corrected chi connectivity index (χ0v) is 9.11. The molecule has 0 bridgehead atoms. The van der Waals surface area contributed by atoms with Gasteiger partial charge < -0.3 is 15.5 Å². The molecule has 86 valence electrons. The number of urea groups is 1. The van der Waals surface area contributed by atoms with Crippen LogP contribution in [0.15, 0.2) is 18.2 Å². The lowest BCUT2D eigenvalue weighted by atomic mass is 10.1. The van der Waals surface area contributed by atoms with Gasteiger partial charge in [0.15, 0.2) is 0 Å². The minimum absolute atomic E-state index is 0.0383. The predicted molar refractivity (Wildman–Crippen MR) is 59.2 cm³/mol. The highest BCUT2D eigenvalue weighted by atomic mass is 19.1. The molecular formula is C11H14FN3O. The van der Waals surface area contributed by atoms with Crippen LogP contribution in [0, 0.1) is 5.82 Å². The van der Waals surface area contributed by atoms with E-state index >= 15 is 0 Å². The van der Waals surface area contributed by atoms with Crippen molar-refractivity contribution in [2.45, 2.75) is 6.54 Å². The molecule has 0 unspecified atom stereocenters. The minimum Gasteiger partial charge on any atom is -0.398 e. The molecule has 1 aromatic carbocycles. The van der Waals surface area contributed by atoms with Crippen LogP contribution >= 0.6 is 0 Å². The van der Waals surface area contributed by atoms with Crippen LogP contribution in [0.1, 0.15) is 5.56 Å². The third-order valence-corrected chi connectivity index (χ3v) is 2.77. The minimum atomic E-state index is -0.329. The van der Waals surface area contributed by atoms with E-state index in [0.717, 1.165) is 0 Å². The van der Waals surface area contributed by atoms with Gasteiger partial charge in [-0.05, 0) is 23.8 Å². The monoisotopic (exact) mass is 223 g/mol. The van der Waals surface area contributed by atoms with Crippen molar-refractivity contribution in [3.8, 4) is 0 Å². The van der Waals surface area contributed by atoms with Crippen molar-refractivity contribution in [3.05, 3.63) is 29.6 Å². The van der Waals surface area contributed by atoms with Crippen LogP contribution in [-0.2, 0) is 6.54 Å². The molecule has 1 saturated heterocycles. The standard InChI is InChI=1S/C11H14FN3O/c1-14-4-5-15(11(14)16)7-8-6-9(12)2-3-10(8)13/h2-3,6H,4-5,7,13H2,1H3. The highest BCUT2D eigenvalue weighted by Crippen LogP contribution is 2.18. The summed E-state index contributed by atoms with van der Waals surface area (Å²) in [4.78, 5) is 14.9. The molecule has 2 N–H and O–H groups in total. The number of nitrogens with two attached hydrogens (primary N) is 1. The molecule has 2 rings (SSSR count). The predicted octanol–water partition coefficient (Wildman–Crippen LogP) is 1.28. The van der Waals surface area contributed by atoms with E-state index in [1.54, 1.807) is 16.8 Å². The van der Waals surface area contributed by atoms with Crippen molar-refractivity contribution < 1.29 is 9.18 Å². The smallest absolute Gasteiger partial charge is 0.320 e. The molecule has 2 amide bonds. The zero-order valence-electron chi connectivity index (χ0n) is 9.11. The normalized spacial score (nSPS) is 16.0. The Hall–Kier alpha value is -1.78. The fourth-order valence-corrected chi connectivity index (χ4v) is 1.77. The van der Waals surface area contributed by atoms with Gasteiger partial charge in [0, 0.05) is 32.4 Å². The molecule has 1 fully saturated rings. The second-order valence-electron chi connectivity index (χ2n) is 3.97. The fraction of sp³-hybridized carbons (Fsp3) is 0.364. The highest BCUT2D eigenvalue weighted by Gasteiger charge is 2.25. The highest BCUT2D eigenvalue weighted by molar-refractivity contribution is 5.76. The van der Waals surface area contributed by atoms with Gasteiger partial charge in [0.2, 0.25) is 0 Å². The first-order valence-corrected chi connectivity index (χ1v) is 5.12. The Balaban J connectivity index is 2.15. The number of amides is 2. The summed E-state index contributed by atoms with van der Waals surface area (Å²) in [5.41, 5.74) is 6.90. The summed E-state index contributed by atoms with van der Waals surface area (Å²) in [5.74, 6) is -0.329. The summed E-state index contributed by atoms with van der Waals surface area (Å²) in [7, 11) is 1.75. The summed E-state index contributed by atoms with van der Waals surface area (Å²) >= 11 is 0. The average molecular weight is 223 g/mol. The first-order valence-electron chi connectivity index (χ1n) is 5.12. The van der Waals surface area contributed by atoms with Crippen LogP contribution in [0.3, 0.4) is 0 Å². The average Bonchev–Trinajstić information content (AvgIpc) is 2.55. The first-order chi connectivity index (χ1) is 7.58. The molecule has 1 aromatic rings. The van der Waals surface area contributed by atoms with Gasteiger partial charge in [-0.3, -0.25) is 0 Å². The lowest BCUT2D eigenvalue weighted by molar-refractivity contribution is 0.197. The molecule has 0 aliphatic carbocycles. The molecular weight excluding hydrogens is 209 g/mol. The molecule has 16 heavy (non-hydrogen) atoms. The molecule has 1 aliphatic heterocycles. The maximum atomic E-state index is 13.0. The third-order valence-electron chi connectivity index (χ3n) is 2.77. The Morgan fingerprint density at radius 2 is 2.19 bits per heavy atom. The fourth-order valence-electron chi connectivity index (χ4n) is 1.77. The summed E-state index contributed by atoms with van der Waals surface area (Å²) in [6.45, 7) is 1.73. The summed E-state index contributed by atoms with van der Waals surface area (Å²) < 4.78 is 13.0. The number of hydrogen-bond acceptors (Lipinski definition) is 2. The van der Waals surface area contributed by atoms with Crippen molar-refractivity contribution in [1.29, 1.82) is 0 Å². The topological polar surface area (TPSA) is 49.6 Å². The largest absolute Gasteiger partial charge is 0.398 e. The Bertz CT molecular complexity index is 422. The number of nitrogen functional groups attached to an aromatic ring is 1. The van der Waals surface area contributed by atoms with Crippen molar-refractivity contribution in [1.82, 2.24) is 9.80 Å². The van der Waals surface area contributed by atoms with E-state index in [1.165, 1.54) is 18.2 Å². The van der Waals surface area contributed by atoms with Crippen molar-refractivity contribution in [2.75, 3.05) is 25.9 Å². The summed E-state index contributed by atoms with van der Waals surface area (Å²) in [6, 6.07) is 4.18. The SMILES string of the molecule is CN1CCN(Cc2cc(F)ccc2N)C1=O. The van der Waals surface area contributed by atoms with Crippen molar-refractivity contribution in [2.24, 2.45) is 0 Å². The van der Waals surface area contributed by atoms with Gasteiger partial charge in [0.25, 0.3) is 0 Å². The van der Waals surface area contributed by atoms with E-state index in [4.69, 9.17) is 5.73 Å². The Morgan fingerprint density at radius 1 is 1.44 bits per heavy atom. The first kappa shape index (κ1) is 10.7. The Morgan fingerprint density at radius 3 is 2.81 bits per heavy atom. The van der Waals surface area contributed by atoms with Crippen molar-refractivity contribution >= 4 is 11.7 Å². The number of anilines is 1. The van der Waals surface area contributed by atoms with Crippen LogP contribution in [0.5, 0.6) is 0 Å². The summed E-state index contributed by atoms with van der Waals surface area (Å²) in [6.07, 6.45) is 0. The lowest BCUT2D eigenvalue weighted by Crippen LogP contribution is -2.29. The number of nitrogens with zero attached hydrogens (tertiary/aromatic N) is 2. The van der Waals surface area contributed by atoms with Crippen LogP contribution in [0.25, 0.3) is 0 Å². The lowest BCUT2D eigenvalue weighted by Gasteiger charge is -2.17. The van der Waals surface area contributed by atoms with Crippen LogP contribution < -0.4 is 5.73 Å². The number of rotatable bonds is 2. The van der Waals surface area contributed by atoms with Crippen LogP contribution in [0.4, 0.5) is 14.9 Å². The molecule has 0 spiro atoms. The van der Waals surface area contributed by atoms with Crippen LogP contribution in [-0.4, -0.2) is 36.0 Å². The molecule has 0 radical (unpaired) electrons. The maximum Gasteiger partial charge on any atom is 0.320 e. The van der Waals surface area contributed by atoms with E-state index in [2.05, 4.69) is 0 Å². The Kier molecular flexibility index (Phi) is 2.68. The van der Waals surface area contributed by atoms with Gasteiger partial charge in [0.05, 0.1) is 0 Å². The number of likely N-dealkylation sites (N-methyl/N-ethyl adjacent to an activating group) is 1. The van der Waals surface area contributed by atoms with E-state index in [0.29, 0.717) is 30.9 Å². The quantitative estimate of drug-likeness (QED) is 0.768. The molecule has 1 aliphatic rings. The van der Waals surface area contributed by atoms with Gasteiger partial charge in [-0.2, -0.15) is 0 Å². The second kappa shape index (κ2) is 4.00. The second-order valence-corrected chi connectivity index (χ2v) is 3.97. The molecule has 5 heteroatoms. The van der Waals surface area contributed by atoms with E-state index in [1.807, 2.05) is 0 Å². The number of carbonyl (C=O) groups is 1. The van der Waals surface area contributed by atoms with E-state index in [9.17, 15) is 9.18 Å². The number of hydrogen-bond donors (Lipinski definition) is 1. The molecule has 1 heterocycles. The molecule has 0 saturated carbocycles. The van der Waals surface area contributed by atoms with Crippen LogP contribution in [0.2, 0.25) is 0 Å². The summed E-state index contributed by atoms with van der Waals surface area (Å²) in [5, 5.41) is 0. The zero-order chi connectivity index (χ0) is 11.7. The maximum absolute atomic E-state index is 13.0. The number of benzene rings is 1. The Labute approximate surface area is 93.4 Å². The molecule has 0 atom stereocenters. The van der Waals surface area contributed by atoms with Crippen molar-refractivity contribution in [3.63, 3.8) is 0 Å². The number of halogens is 1. The van der Waals surface area contributed by atoms with Gasteiger partial charge in [0.1, 0.15) is 5.82 Å². The van der Waals surface area contributed by atoms with E-state index in [-0.39, 0.29) is 11.8 Å². The molecule has 4 nitrogen and oxygen atoms in total. The van der Waals surface area contributed by atoms with E-state index < -0.39 is 0 Å². The van der Waals surface area contributed by atoms with Gasteiger partial charge in [-0.25, -0.2) is 9.18 Å². The van der Waals surface area contributed by atoms with Gasteiger partial charge in [-0.1, -0.05) is 0 Å². The third kappa shape index (κ3) is 1.93.